The van der Waals surface area contributed by atoms with Crippen LogP contribution in [0.3, 0.4) is 0 Å². The number of fused-ring (bicyclic) bond motifs is 2. The summed E-state index contributed by atoms with van der Waals surface area (Å²) < 4.78 is 5.94. The highest BCUT2D eigenvalue weighted by Crippen LogP contribution is 2.43. The van der Waals surface area contributed by atoms with Gasteiger partial charge in [0.05, 0.1) is 12.6 Å². The van der Waals surface area contributed by atoms with Gasteiger partial charge in [-0.3, -0.25) is 4.79 Å². The second-order valence-corrected chi connectivity index (χ2v) is 5.32. The van der Waals surface area contributed by atoms with Crippen LogP contribution in [0.1, 0.15) is 37.3 Å². The van der Waals surface area contributed by atoms with Gasteiger partial charge in [0, 0.05) is 5.56 Å². The first-order valence-corrected chi connectivity index (χ1v) is 6.81. The molecule has 3 nitrogen and oxygen atoms in total. The summed E-state index contributed by atoms with van der Waals surface area (Å²) in [6, 6.07) is 8.21. The number of ether oxygens (including phenoxy) is 1. The standard InChI is InChI=1S/C15H19NO2/c17-10-16-15-12-6-2-1-5-11(12)9-18-14-8-4-3-7-13(14)15/h3-4,7-8,10-12,15H,1-2,5-6,9H2,(H,16,17)/t11-,12-,15-/m0/s1. The van der Waals surface area contributed by atoms with Gasteiger partial charge in [-0.2, -0.15) is 0 Å². The molecule has 3 rings (SSSR count). The van der Waals surface area contributed by atoms with Gasteiger partial charge in [-0.25, -0.2) is 0 Å². The molecule has 0 radical (unpaired) electrons. The molecular weight excluding hydrogens is 226 g/mol. The molecule has 1 fully saturated rings. The van der Waals surface area contributed by atoms with Crippen molar-refractivity contribution in [3.63, 3.8) is 0 Å². The molecule has 0 spiro atoms. The zero-order chi connectivity index (χ0) is 12.4. The third-order valence-electron chi connectivity index (χ3n) is 4.35. The predicted octanol–water partition coefficient (Wildman–Crippen LogP) is 2.67. The highest BCUT2D eigenvalue weighted by Gasteiger charge is 2.36. The lowest BCUT2D eigenvalue weighted by atomic mass is 9.74. The molecule has 1 saturated carbocycles. The van der Waals surface area contributed by atoms with E-state index in [-0.39, 0.29) is 6.04 Å². The van der Waals surface area contributed by atoms with Gasteiger partial charge in [0.15, 0.2) is 0 Å². The van der Waals surface area contributed by atoms with Crippen molar-refractivity contribution in [2.75, 3.05) is 6.61 Å². The van der Waals surface area contributed by atoms with Crippen LogP contribution < -0.4 is 10.1 Å². The van der Waals surface area contributed by atoms with Crippen molar-refractivity contribution in [2.24, 2.45) is 11.8 Å². The van der Waals surface area contributed by atoms with Gasteiger partial charge in [-0.1, -0.05) is 31.0 Å². The first kappa shape index (κ1) is 11.6. The average molecular weight is 245 g/mol. The van der Waals surface area contributed by atoms with Crippen LogP contribution in [-0.4, -0.2) is 13.0 Å². The van der Waals surface area contributed by atoms with Gasteiger partial charge in [0.25, 0.3) is 0 Å². The molecular formula is C15H19NO2. The van der Waals surface area contributed by atoms with E-state index < -0.39 is 0 Å². The average Bonchev–Trinajstić information content (AvgIpc) is 2.58. The molecule has 0 bridgehead atoms. The zero-order valence-corrected chi connectivity index (χ0v) is 10.5. The minimum Gasteiger partial charge on any atom is -0.493 e. The Morgan fingerprint density at radius 3 is 2.94 bits per heavy atom. The Kier molecular flexibility index (Phi) is 3.22. The second-order valence-electron chi connectivity index (χ2n) is 5.32. The summed E-state index contributed by atoms with van der Waals surface area (Å²) in [6.07, 6.45) is 5.79. The van der Waals surface area contributed by atoms with Crippen molar-refractivity contribution in [3.8, 4) is 5.75 Å². The Morgan fingerprint density at radius 2 is 2.06 bits per heavy atom. The summed E-state index contributed by atoms with van der Waals surface area (Å²) >= 11 is 0. The van der Waals surface area contributed by atoms with Crippen LogP contribution in [-0.2, 0) is 4.79 Å². The summed E-state index contributed by atoms with van der Waals surface area (Å²) in [5.41, 5.74) is 1.14. The van der Waals surface area contributed by atoms with Crippen LogP contribution >= 0.6 is 0 Å². The van der Waals surface area contributed by atoms with E-state index in [0.29, 0.717) is 11.8 Å². The zero-order valence-electron chi connectivity index (χ0n) is 10.5. The molecule has 96 valence electrons. The van der Waals surface area contributed by atoms with Crippen LogP contribution in [0.25, 0.3) is 0 Å². The summed E-state index contributed by atoms with van der Waals surface area (Å²) in [7, 11) is 0. The fraction of sp³-hybridized carbons (Fsp3) is 0.533. The molecule has 1 aliphatic heterocycles. The van der Waals surface area contributed by atoms with Crippen LogP contribution in [0, 0.1) is 11.8 Å². The fourth-order valence-electron chi connectivity index (χ4n) is 3.47. The summed E-state index contributed by atoms with van der Waals surface area (Å²) in [5, 5.41) is 3.02. The van der Waals surface area contributed by atoms with Crippen molar-refractivity contribution in [1.82, 2.24) is 5.32 Å². The molecule has 1 heterocycles. The maximum absolute atomic E-state index is 10.9. The van der Waals surface area contributed by atoms with E-state index in [1.807, 2.05) is 18.2 Å². The van der Waals surface area contributed by atoms with Crippen LogP contribution in [0.15, 0.2) is 24.3 Å². The number of hydrogen-bond acceptors (Lipinski definition) is 2. The van der Waals surface area contributed by atoms with Gasteiger partial charge in [-0.15, -0.1) is 0 Å². The van der Waals surface area contributed by atoms with Gasteiger partial charge < -0.3 is 10.1 Å². The maximum atomic E-state index is 10.9. The van der Waals surface area contributed by atoms with Gasteiger partial charge in [0.2, 0.25) is 6.41 Å². The minimum atomic E-state index is 0.117. The highest BCUT2D eigenvalue weighted by molar-refractivity contribution is 5.50. The Balaban J connectivity index is 1.98. The highest BCUT2D eigenvalue weighted by atomic mass is 16.5. The first-order valence-electron chi connectivity index (χ1n) is 6.81. The van der Waals surface area contributed by atoms with Crippen molar-refractivity contribution in [1.29, 1.82) is 0 Å². The third kappa shape index (κ3) is 1.98. The van der Waals surface area contributed by atoms with Crippen molar-refractivity contribution in [2.45, 2.75) is 31.7 Å². The number of hydrogen-bond donors (Lipinski definition) is 1. The Labute approximate surface area is 108 Å². The Hall–Kier alpha value is -1.51. The van der Waals surface area contributed by atoms with Gasteiger partial charge >= 0.3 is 0 Å². The molecule has 1 N–H and O–H groups in total. The molecule has 1 aromatic carbocycles. The number of amides is 1. The molecule has 3 atom stereocenters. The number of carbonyl (C=O) groups is 1. The van der Waals surface area contributed by atoms with E-state index in [1.165, 1.54) is 25.7 Å². The number of nitrogens with one attached hydrogen (secondary N) is 1. The smallest absolute Gasteiger partial charge is 0.207 e. The number of benzene rings is 1. The Morgan fingerprint density at radius 1 is 1.22 bits per heavy atom. The van der Waals surface area contributed by atoms with Gasteiger partial charge in [0.1, 0.15) is 5.75 Å². The van der Waals surface area contributed by atoms with E-state index in [4.69, 9.17) is 4.74 Å². The molecule has 0 aromatic heterocycles. The van der Waals surface area contributed by atoms with E-state index in [9.17, 15) is 4.79 Å². The third-order valence-corrected chi connectivity index (χ3v) is 4.35. The van der Waals surface area contributed by atoms with E-state index in [2.05, 4.69) is 11.4 Å². The lowest BCUT2D eigenvalue weighted by Crippen LogP contribution is -2.34. The van der Waals surface area contributed by atoms with Crippen LogP contribution in [0.2, 0.25) is 0 Å². The van der Waals surface area contributed by atoms with E-state index in [1.54, 1.807) is 0 Å². The molecule has 1 amide bonds. The van der Waals surface area contributed by atoms with Crippen molar-refractivity contribution in [3.05, 3.63) is 29.8 Å². The molecule has 2 aliphatic rings. The molecule has 0 saturated heterocycles. The lowest BCUT2D eigenvalue weighted by Gasteiger charge is -2.34. The summed E-state index contributed by atoms with van der Waals surface area (Å²) in [4.78, 5) is 10.9. The fourth-order valence-corrected chi connectivity index (χ4v) is 3.47. The topological polar surface area (TPSA) is 38.3 Å². The van der Waals surface area contributed by atoms with Crippen LogP contribution in [0.4, 0.5) is 0 Å². The molecule has 3 heteroatoms. The molecule has 1 aromatic rings. The molecule has 1 aliphatic carbocycles. The number of rotatable bonds is 2. The van der Waals surface area contributed by atoms with E-state index in [0.717, 1.165) is 24.3 Å². The number of para-hydroxylation sites is 1. The van der Waals surface area contributed by atoms with Crippen molar-refractivity contribution >= 4 is 6.41 Å². The van der Waals surface area contributed by atoms with Crippen LogP contribution in [0.5, 0.6) is 5.75 Å². The minimum absolute atomic E-state index is 0.117. The first-order chi connectivity index (χ1) is 8.90. The Bertz CT molecular complexity index is 432. The largest absolute Gasteiger partial charge is 0.493 e. The van der Waals surface area contributed by atoms with E-state index >= 15 is 0 Å². The monoisotopic (exact) mass is 245 g/mol. The number of carbonyl (C=O) groups excluding carboxylic acids is 1. The van der Waals surface area contributed by atoms with Gasteiger partial charge in [-0.05, 0) is 30.7 Å². The molecule has 0 unspecified atom stereocenters. The maximum Gasteiger partial charge on any atom is 0.207 e. The lowest BCUT2D eigenvalue weighted by molar-refractivity contribution is -0.110. The predicted molar refractivity (Wildman–Crippen MR) is 69.3 cm³/mol. The normalized spacial score (nSPS) is 30.3. The molecule has 18 heavy (non-hydrogen) atoms. The summed E-state index contributed by atoms with van der Waals surface area (Å²) in [6.45, 7) is 0.790. The second kappa shape index (κ2) is 5.01. The quantitative estimate of drug-likeness (QED) is 0.813. The van der Waals surface area contributed by atoms with Crippen molar-refractivity contribution < 1.29 is 9.53 Å². The summed E-state index contributed by atoms with van der Waals surface area (Å²) in [5.74, 6) is 2.03. The SMILES string of the molecule is O=CN[C@@H]1c2ccccc2OC[C@@H]2CCCC[C@@H]21.